The number of anilines is 1. The first-order valence-corrected chi connectivity index (χ1v) is 9.39. The fraction of sp³-hybridized carbons (Fsp3) is 0.130. The lowest BCUT2D eigenvalue weighted by atomic mass is 10.1. The molecule has 1 unspecified atom stereocenters. The number of carbonyl (C=O) groups excluding carboxylic acids is 2. The van der Waals surface area contributed by atoms with E-state index in [2.05, 4.69) is 5.32 Å². The molecule has 0 saturated carbocycles. The quantitative estimate of drug-likeness (QED) is 0.334. The average Bonchev–Trinajstić information content (AvgIpc) is 2.78. The van der Waals surface area contributed by atoms with Crippen LogP contribution in [-0.4, -0.2) is 23.9 Å². The van der Waals surface area contributed by atoms with Gasteiger partial charge in [-0.25, -0.2) is 0 Å². The number of hydrogen-bond acceptors (Lipinski definition) is 6. The van der Waals surface area contributed by atoms with Crippen molar-refractivity contribution in [2.24, 2.45) is 0 Å². The van der Waals surface area contributed by atoms with Crippen molar-refractivity contribution in [3.63, 3.8) is 0 Å². The summed E-state index contributed by atoms with van der Waals surface area (Å²) < 4.78 is 10.6. The van der Waals surface area contributed by atoms with Gasteiger partial charge in [0, 0.05) is 22.9 Å². The van der Waals surface area contributed by atoms with Crippen LogP contribution < -0.4 is 10.1 Å². The lowest BCUT2D eigenvalue weighted by molar-refractivity contribution is -0.385. The predicted molar refractivity (Wildman–Crippen MR) is 114 cm³/mol. The fourth-order valence-electron chi connectivity index (χ4n) is 2.95. The van der Waals surface area contributed by atoms with Crippen LogP contribution in [0.5, 0.6) is 5.75 Å². The van der Waals surface area contributed by atoms with Gasteiger partial charge in [0.15, 0.2) is 0 Å². The molecule has 0 spiro atoms. The van der Waals surface area contributed by atoms with Crippen LogP contribution in [0.3, 0.4) is 0 Å². The number of nitrogens with zero attached hydrogens (tertiary/aromatic N) is 1. The Labute approximate surface area is 178 Å². The van der Waals surface area contributed by atoms with E-state index >= 15 is 0 Å². The second kappa shape index (κ2) is 10.0. The zero-order valence-corrected chi connectivity index (χ0v) is 16.7. The second-order valence-electron chi connectivity index (χ2n) is 6.56. The Morgan fingerprint density at radius 1 is 0.968 bits per heavy atom. The normalized spacial score (nSPS) is 11.3. The summed E-state index contributed by atoms with van der Waals surface area (Å²) in [6.45, 7) is 0. The van der Waals surface area contributed by atoms with Crippen molar-refractivity contribution in [1.82, 2.24) is 0 Å². The largest absolute Gasteiger partial charge is 0.497 e. The molecule has 0 radical (unpaired) electrons. The van der Waals surface area contributed by atoms with Crippen LogP contribution in [0, 0.1) is 10.1 Å². The summed E-state index contributed by atoms with van der Waals surface area (Å²) in [6.07, 6.45) is -1.56. The minimum atomic E-state index is -1.22. The summed E-state index contributed by atoms with van der Waals surface area (Å²) in [5.41, 5.74) is 1.00. The standard InChI is InChI=1S/C23H20N2O6/c1-30-19-13-11-18(12-14-19)24-23(27)22(16-7-3-2-4-8-16)31-21(26)15-17-9-5-6-10-20(17)25(28)29/h2-14,22H,15H2,1H3,(H,24,27). The molecule has 3 rings (SSSR count). The van der Waals surface area contributed by atoms with Crippen LogP contribution >= 0.6 is 0 Å². The number of esters is 1. The van der Waals surface area contributed by atoms with Crippen LogP contribution in [0.25, 0.3) is 0 Å². The van der Waals surface area contributed by atoms with Gasteiger partial charge in [-0.3, -0.25) is 19.7 Å². The zero-order chi connectivity index (χ0) is 22.2. The molecule has 0 saturated heterocycles. The number of nitrogens with one attached hydrogen (secondary N) is 1. The molecule has 8 nitrogen and oxygen atoms in total. The van der Waals surface area contributed by atoms with Gasteiger partial charge in [0.2, 0.25) is 6.10 Å². The molecule has 0 aliphatic carbocycles. The fourth-order valence-corrected chi connectivity index (χ4v) is 2.95. The second-order valence-corrected chi connectivity index (χ2v) is 6.56. The highest BCUT2D eigenvalue weighted by molar-refractivity contribution is 5.96. The van der Waals surface area contributed by atoms with E-state index in [0.717, 1.165) is 0 Å². The molecule has 0 aromatic heterocycles. The van der Waals surface area contributed by atoms with Crippen LogP contribution in [0.1, 0.15) is 17.2 Å². The third-order valence-corrected chi connectivity index (χ3v) is 4.47. The molecule has 1 N–H and O–H groups in total. The van der Waals surface area contributed by atoms with E-state index in [0.29, 0.717) is 17.0 Å². The Balaban J connectivity index is 1.78. The van der Waals surface area contributed by atoms with Crippen LogP contribution in [0.4, 0.5) is 11.4 Å². The van der Waals surface area contributed by atoms with Gasteiger partial charge in [-0.2, -0.15) is 0 Å². The van der Waals surface area contributed by atoms with E-state index in [-0.39, 0.29) is 17.7 Å². The van der Waals surface area contributed by atoms with Gasteiger partial charge in [0.05, 0.1) is 18.5 Å². The lowest BCUT2D eigenvalue weighted by Crippen LogP contribution is -2.26. The predicted octanol–water partition coefficient (Wildman–Crippen LogP) is 4.07. The first-order valence-electron chi connectivity index (χ1n) is 9.39. The summed E-state index contributed by atoms with van der Waals surface area (Å²) >= 11 is 0. The van der Waals surface area contributed by atoms with Crippen LogP contribution in [0.2, 0.25) is 0 Å². The monoisotopic (exact) mass is 420 g/mol. The van der Waals surface area contributed by atoms with E-state index in [1.807, 2.05) is 0 Å². The Kier molecular flexibility index (Phi) is 6.95. The molecule has 0 aliphatic heterocycles. The van der Waals surface area contributed by atoms with E-state index in [1.165, 1.54) is 25.3 Å². The summed E-state index contributed by atoms with van der Waals surface area (Å²) in [5, 5.41) is 13.9. The molecule has 3 aromatic carbocycles. The highest BCUT2D eigenvalue weighted by atomic mass is 16.6. The Hall–Kier alpha value is -4.20. The van der Waals surface area contributed by atoms with E-state index in [4.69, 9.17) is 9.47 Å². The number of para-hydroxylation sites is 1. The minimum absolute atomic E-state index is 0.182. The Bertz CT molecular complexity index is 1070. The molecule has 0 heterocycles. The number of nitro groups is 1. The smallest absolute Gasteiger partial charge is 0.311 e. The first kappa shape index (κ1) is 21.5. The number of benzene rings is 3. The third-order valence-electron chi connectivity index (χ3n) is 4.47. The molecule has 3 aromatic rings. The molecule has 31 heavy (non-hydrogen) atoms. The van der Waals surface area contributed by atoms with Gasteiger partial charge in [0.25, 0.3) is 11.6 Å². The van der Waals surface area contributed by atoms with Crippen molar-refractivity contribution in [2.75, 3.05) is 12.4 Å². The van der Waals surface area contributed by atoms with E-state index in [1.54, 1.807) is 60.7 Å². The van der Waals surface area contributed by atoms with Crippen molar-refractivity contribution in [3.05, 3.63) is 100 Å². The van der Waals surface area contributed by atoms with Crippen molar-refractivity contribution in [2.45, 2.75) is 12.5 Å². The van der Waals surface area contributed by atoms with Crippen LogP contribution in [-0.2, 0) is 20.7 Å². The number of carbonyl (C=O) groups is 2. The first-order chi connectivity index (χ1) is 15.0. The van der Waals surface area contributed by atoms with Crippen molar-refractivity contribution in [1.29, 1.82) is 0 Å². The van der Waals surface area contributed by atoms with E-state index < -0.39 is 22.9 Å². The van der Waals surface area contributed by atoms with Gasteiger partial charge < -0.3 is 14.8 Å². The van der Waals surface area contributed by atoms with Crippen LogP contribution in [0.15, 0.2) is 78.9 Å². The van der Waals surface area contributed by atoms with Gasteiger partial charge in [-0.05, 0) is 24.3 Å². The molecular weight excluding hydrogens is 400 g/mol. The number of hydrogen-bond donors (Lipinski definition) is 1. The molecule has 1 atom stereocenters. The molecule has 0 aliphatic rings. The number of methoxy groups -OCH3 is 1. The van der Waals surface area contributed by atoms with Gasteiger partial charge in [-0.15, -0.1) is 0 Å². The summed E-state index contributed by atoms with van der Waals surface area (Å²) in [5.74, 6) is -0.672. The highest BCUT2D eigenvalue weighted by Crippen LogP contribution is 2.24. The Morgan fingerprint density at radius 2 is 1.61 bits per heavy atom. The number of nitro benzene ring substituents is 1. The zero-order valence-electron chi connectivity index (χ0n) is 16.7. The number of rotatable bonds is 8. The van der Waals surface area contributed by atoms with Gasteiger partial charge in [-0.1, -0.05) is 48.5 Å². The number of ether oxygens (including phenoxy) is 2. The molecule has 0 fully saturated rings. The van der Waals surface area contributed by atoms with Crippen molar-refractivity contribution < 1.29 is 24.0 Å². The molecule has 8 heteroatoms. The Morgan fingerprint density at radius 3 is 2.26 bits per heavy atom. The minimum Gasteiger partial charge on any atom is -0.497 e. The molecular formula is C23H20N2O6. The van der Waals surface area contributed by atoms with E-state index in [9.17, 15) is 19.7 Å². The average molecular weight is 420 g/mol. The topological polar surface area (TPSA) is 108 Å². The highest BCUT2D eigenvalue weighted by Gasteiger charge is 2.26. The maximum Gasteiger partial charge on any atom is 0.311 e. The molecule has 158 valence electrons. The van der Waals surface area contributed by atoms with Gasteiger partial charge >= 0.3 is 5.97 Å². The lowest BCUT2D eigenvalue weighted by Gasteiger charge is -2.18. The number of amides is 1. The molecule has 1 amide bonds. The summed E-state index contributed by atoms with van der Waals surface area (Å²) in [4.78, 5) is 36.1. The summed E-state index contributed by atoms with van der Waals surface area (Å²) in [7, 11) is 1.54. The van der Waals surface area contributed by atoms with Crippen molar-refractivity contribution in [3.8, 4) is 5.75 Å². The third kappa shape index (κ3) is 5.66. The molecule has 0 bridgehead atoms. The van der Waals surface area contributed by atoms with Crippen molar-refractivity contribution >= 4 is 23.3 Å². The SMILES string of the molecule is COc1ccc(NC(=O)C(OC(=O)Cc2ccccc2[N+](=O)[O-])c2ccccc2)cc1. The maximum atomic E-state index is 12.9. The van der Waals surface area contributed by atoms with Gasteiger partial charge in [0.1, 0.15) is 5.75 Å². The summed E-state index contributed by atoms with van der Waals surface area (Å²) in [6, 6.07) is 21.1. The maximum absolute atomic E-state index is 12.9.